The Bertz CT molecular complexity index is 658. The van der Waals surface area contributed by atoms with Crippen molar-refractivity contribution in [1.29, 1.82) is 0 Å². The maximum Gasteiger partial charge on any atom is 0.284 e. The summed E-state index contributed by atoms with van der Waals surface area (Å²) in [7, 11) is 1.56. The van der Waals surface area contributed by atoms with Crippen LogP contribution in [0.15, 0.2) is 15.3 Å². The summed E-state index contributed by atoms with van der Waals surface area (Å²) in [5.41, 5.74) is 0.721. The molecule has 7 nitrogen and oxygen atoms in total. The van der Waals surface area contributed by atoms with Gasteiger partial charge in [-0.05, 0) is 25.2 Å². The Morgan fingerprint density at radius 3 is 3.00 bits per heavy atom. The van der Waals surface area contributed by atoms with Crippen LogP contribution in [0.25, 0.3) is 11.5 Å². The standard InChI is InChI=1S/C10H12N4O3S/c1-6-5-7(8-11-12-10(18)17-8)9(15)14(13-6)3-4-16-2/h5H,3-4H2,1-2H3,(H,12,18). The molecule has 96 valence electrons. The summed E-state index contributed by atoms with van der Waals surface area (Å²) in [5, 5.41) is 10.4. The normalized spacial score (nSPS) is 10.8. The number of methoxy groups -OCH3 is 1. The predicted octanol–water partition coefficient (Wildman–Crippen LogP) is 0.911. The van der Waals surface area contributed by atoms with Gasteiger partial charge in [0.15, 0.2) is 0 Å². The zero-order chi connectivity index (χ0) is 13.1. The number of ether oxygens (including phenoxy) is 1. The third kappa shape index (κ3) is 2.54. The van der Waals surface area contributed by atoms with Crippen LogP contribution in [-0.4, -0.2) is 33.7 Å². The van der Waals surface area contributed by atoms with Gasteiger partial charge in [0, 0.05) is 7.11 Å². The summed E-state index contributed by atoms with van der Waals surface area (Å²) in [6.45, 7) is 2.56. The second-order valence-electron chi connectivity index (χ2n) is 3.64. The number of aromatic amines is 1. The van der Waals surface area contributed by atoms with Gasteiger partial charge < -0.3 is 9.15 Å². The van der Waals surface area contributed by atoms with Crippen molar-refractivity contribution in [2.75, 3.05) is 13.7 Å². The molecule has 0 unspecified atom stereocenters. The molecule has 0 atom stereocenters. The lowest BCUT2D eigenvalue weighted by atomic mass is 10.2. The fourth-order valence-corrected chi connectivity index (χ4v) is 1.63. The lowest BCUT2D eigenvalue weighted by molar-refractivity contribution is 0.181. The van der Waals surface area contributed by atoms with E-state index in [1.54, 1.807) is 20.1 Å². The fourth-order valence-electron chi connectivity index (χ4n) is 1.50. The molecular weight excluding hydrogens is 256 g/mol. The molecule has 0 saturated heterocycles. The topological polar surface area (TPSA) is 85.9 Å². The molecule has 0 aliphatic carbocycles. The van der Waals surface area contributed by atoms with Gasteiger partial charge in [-0.25, -0.2) is 9.78 Å². The van der Waals surface area contributed by atoms with Crippen LogP contribution in [-0.2, 0) is 11.3 Å². The highest BCUT2D eigenvalue weighted by atomic mass is 32.1. The fraction of sp³-hybridized carbons (Fsp3) is 0.400. The van der Waals surface area contributed by atoms with E-state index in [9.17, 15) is 4.79 Å². The third-order valence-corrected chi connectivity index (χ3v) is 2.45. The van der Waals surface area contributed by atoms with E-state index in [1.807, 2.05) is 0 Å². The van der Waals surface area contributed by atoms with Gasteiger partial charge in [-0.1, -0.05) is 0 Å². The molecule has 0 spiro atoms. The Balaban J connectivity index is 2.51. The number of aryl methyl sites for hydroxylation is 1. The highest BCUT2D eigenvalue weighted by Crippen LogP contribution is 2.12. The third-order valence-electron chi connectivity index (χ3n) is 2.27. The van der Waals surface area contributed by atoms with E-state index < -0.39 is 0 Å². The molecule has 2 aromatic rings. The van der Waals surface area contributed by atoms with Crippen molar-refractivity contribution >= 4 is 12.2 Å². The molecule has 2 rings (SSSR count). The molecule has 8 heteroatoms. The first kappa shape index (κ1) is 12.7. The van der Waals surface area contributed by atoms with Crippen LogP contribution >= 0.6 is 12.2 Å². The molecule has 0 radical (unpaired) electrons. The van der Waals surface area contributed by atoms with Crippen LogP contribution in [0, 0.1) is 11.8 Å². The SMILES string of the molecule is COCCn1nc(C)cc(-c2n[nH]c(=S)o2)c1=O. The second kappa shape index (κ2) is 5.23. The molecule has 0 amide bonds. The Labute approximate surface area is 107 Å². The zero-order valence-corrected chi connectivity index (χ0v) is 10.8. The second-order valence-corrected chi connectivity index (χ2v) is 4.01. The van der Waals surface area contributed by atoms with Crippen LogP contribution in [0.3, 0.4) is 0 Å². The Morgan fingerprint density at radius 2 is 2.39 bits per heavy atom. The van der Waals surface area contributed by atoms with E-state index in [0.717, 1.165) is 0 Å². The Morgan fingerprint density at radius 1 is 1.61 bits per heavy atom. The maximum absolute atomic E-state index is 12.1. The number of aromatic nitrogens is 4. The lowest BCUT2D eigenvalue weighted by Crippen LogP contribution is -2.26. The van der Waals surface area contributed by atoms with Crippen LogP contribution < -0.4 is 5.56 Å². The van der Waals surface area contributed by atoms with Crippen molar-refractivity contribution in [2.24, 2.45) is 0 Å². The molecule has 1 N–H and O–H groups in total. The number of nitrogens with one attached hydrogen (secondary N) is 1. The molecule has 0 aliphatic rings. The number of hydrogen-bond donors (Lipinski definition) is 1. The van der Waals surface area contributed by atoms with E-state index in [1.165, 1.54) is 4.68 Å². The molecular formula is C10H12N4O3S. The number of rotatable bonds is 4. The summed E-state index contributed by atoms with van der Waals surface area (Å²) in [4.78, 5) is 12.3. The minimum absolute atomic E-state index is 0.127. The molecule has 0 aliphatic heterocycles. The van der Waals surface area contributed by atoms with Gasteiger partial charge in [-0.3, -0.25) is 4.79 Å². The van der Waals surface area contributed by atoms with E-state index in [0.29, 0.717) is 24.4 Å². The van der Waals surface area contributed by atoms with E-state index >= 15 is 0 Å². The van der Waals surface area contributed by atoms with Gasteiger partial charge in [0.1, 0.15) is 5.56 Å². The predicted molar refractivity (Wildman–Crippen MR) is 65.8 cm³/mol. The average molecular weight is 268 g/mol. The molecule has 2 heterocycles. The van der Waals surface area contributed by atoms with Gasteiger partial charge in [-0.2, -0.15) is 5.10 Å². The number of hydrogen-bond acceptors (Lipinski definition) is 6. The van der Waals surface area contributed by atoms with Crippen molar-refractivity contribution in [3.63, 3.8) is 0 Å². The van der Waals surface area contributed by atoms with Crippen molar-refractivity contribution in [3.05, 3.63) is 27.0 Å². The Hall–Kier alpha value is -1.80. The van der Waals surface area contributed by atoms with Crippen LogP contribution in [0.4, 0.5) is 0 Å². The first-order valence-electron chi connectivity index (χ1n) is 5.25. The van der Waals surface area contributed by atoms with Crippen molar-refractivity contribution in [2.45, 2.75) is 13.5 Å². The molecule has 0 fully saturated rings. The van der Waals surface area contributed by atoms with Gasteiger partial charge in [0.2, 0.25) is 0 Å². The largest absolute Gasteiger partial charge is 0.409 e. The van der Waals surface area contributed by atoms with Crippen LogP contribution in [0.5, 0.6) is 0 Å². The molecule has 0 bridgehead atoms. The van der Waals surface area contributed by atoms with E-state index in [2.05, 4.69) is 15.3 Å². The highest BCUT2D eigenvalue weighted by Gasteiger charge is 2.13. The quantitative estimate of drug-likeness (QED) is 0.829. The van der Waals surface area contributed by atoms with Gasteiger partial charge in [0.25, 0.3) is 16.3 Å². The summed E-state index contributed by atoms with van der Waals surface area (Å²) < 4.78 is 11.4. The van der Waals surface area contributed by atoms with Crippen LogP contribution in [0.2, 0.25) is 0 Å². The smallest absolute Gasteiger partial charge is 0.284 e. The average Bonchev–Trinajstić information content (AvgIpc) is 2.76. The lowest BCUT2D eigenvalue weighted by Gasteiger charge is -2.06. The van der Waals surface area contributed by atoms with Gasteiger partial charge >= 0.3 is 0 Å². The summed E-state index contributed by atoms with van der Waals surface area (Å²) in [6, 6.07) is 1.61. The molecule has 0 saturated carbocycles. The first-order chi connectivity index (χ1) is 8.61. The van der Waals surface area contributed by atoms with Crippen molar-refractivity contribution < 1.29 is 9.15 Å². The first-order valence-corrected chi connectivity index (χ1v) is 5.66. The monoisotopic (exact) mass is 268 g/mol. The number of nitrogens with zero attached hydrogens (tertiary/aromatic N) is 3. The minimum Gasteiger partial charge on any atom is -0.409 e. The highest BCUT2D eigenvalue weighted by molar-refractivity contribution is 7.71. The zero-order valence-electron chi connectivity index (χ0n) is 9.97. The van der Waals surface area contributed by atoms with Gasteiger partial charge in [0.05, 0.1) is 18.8 Å². The number of H-pyrrole nitrogens is 1. The van der Waals surface area contributed by atoms with Crippen molar-refractivity contribution in [3.8, 4) is 11.5 Å². The van der Waals surface area contributed by atoms with E-state index in [-0.39, 0.29) is 16.3 Å². The maximum atomic E-state index is 12.1. The summed E-state index contributed by atoms with van der Waals surface area (Å²) in [6.07, 6.45) is 0. The van der Waals surface area contributed by atoms with E-state index in [4.69, 9.17) is 21.4 Å². The van der Waals surface area contributed by atoms with Crippen molar-refractivity contribution in [1.82, 2.24) is 20.0 Å². The summed E-state index contributed by atoms with van der Waals surface area (Å²) in [5.74, 6) is 0.168. The molecule has 0 aromatic carbocycles. The molecule has 18 heavy (non-hydrogen) atoms. The van der Waals surface area contributed by atoms with Crippen LogP contribution in [0.1, 0.15) is 5.69 Å². The Kier molecular flexibility index (Phi) is 3.68. The van der Waals surface area contributed by atoms with Gasteiger partial charge in [-0.15, -0.1) is 5.10 Å². The minimum atomic E-state index is -0.289. The summed E-state index contributed by atoms with van der Waals surface area (Å²) >= 11 is 4.78. The molecule has 2 aromatic heterocycles.